The summed E-state index contributed by atoms with van der Waals surface area (Å²) in [4.78, 5) is 2.43. The van der Waals surface area contributed by atoms with Gasteiger partial charge >= 0.3 is 0 Å². The van der Waals surface area contributed by atoms with Crippen molar-refractivity contribution in [1.82, 2.24) is 4.90 Å². The Hall–Kier alpha value is -3.81. The molecule has 5 nitrogen and oxygen atoms in total. The Morgan fingerprint density at radius 3 is 1.19 bits per heavy atom. The molecule has 0 radical (unpaired) electrons. The molecule has 5 aromatic rings. The highest BCUT2D eigenvalue weighted by Crippen LogP contribution is 2.35. The zero-order valence-electron chi connectivity index (χ0n) is 27.2. The van der Waals surface area contributed by atoms with Gasteiger partial charge in [-0.2, -0.15) is 0 Å². The van der Waals surface area contributed by atoms with Crippen LogP contribution in [0.15, 0.2) is 152 Å². The second kappa shape index (κ2) is 18.1. The lowest BCUT2D eigenvalue weighted by atomic mass is 9.87. The van der Waals surface area contributed by atoms with Crippen molar-refractivity contribution in [2.45, 2.75) is 63.4 Å². The molecule has 0 spiro atoms. The molecular formula is C42H44ClNO4. The van der Waals surface area contributed by atoms with Crippen molar-refractivity contribution >= 4 is 11.6 Å². The molecule has 0 amide bonds. The van der Waals surface area contributed by atoms with E-state index in [-0.39, 0.29) is 24.3 Å². The fourth-order valence-electron chi connectivity index (χ4n) is 6.42. The molecule has 6 rings (SSSR count). The van der Waals surface area contributed by atoms with Crippen LogP contribution >= 0.6 is 11.6 Å². The van der Waals surface area contributed by atoms with E-state index in [2.05, 4.69) is 77.7 Å². The van der Waals surface area contributed by atoms with Crippen molar-refractivity contribution in [3.05, 3.63) is 179 Å². The Balaban J connectivity index is 1.37. The van der Waals surface area contributed by atoms with Crippen LogP contribution in [0.5, 0.6) is 0 Å². The number of nitrogens with zero attached hydrogens (tertiary/aromatic N) is 1. The standard InChI is InChI=1S/C42H44ClNO4/c43-26-38-40(46-29-35-20-10-3-11-21-35)42(48-31-37-24-14-5-15-25-37)41(47-30-36-22-12-4-13-23-36)39(32-45-28-34-18-8-2-9-19-34)44(38)27-33-16-6-1-7-17-33/h1-25,38-42H,26-32H2/t38-,39+,40+,41+,42+/m0/s1. The zero-order valence-corrected chi connectivity index (χ0v) is 28.0. The summed E-state index contributed by atoms with van der Waals surface area (Å²) >= 11 is 6.96. The number of rotatable bonds is 16. The Kier molecular flexibility index (Phi) is 12.8. The van der Waals surface area contributed by atoms with E-state index in [1.807, 2.05) is 78.9 Å². The van der Waals surface area contributed by atoms with Gasteiger partial charge in [0.1, 0.15) is 18.3 Å². The third-order valence-electron chi connectivity index (χ3n) is 8.88. The van der Waals surface area contributed by atoms with E-state index in [4.69, 9.17) is 30.5 Å². The molecule has 0 N–H and O–H groups in total. The van der Waals surface area contributed by atoms with Gasteiger partial charge in [-0.15, -0.1) is 11.6 Å². The lowest BCUT2D eigenvalue weighted by Gasteiger charge is -2.52. The van der Waals surface area contributed by atoms with Crippen LogP contribution in [0.1, 0.15) is 27.8 Å². The van der Waals surface area contributed by atoms with Gasteiger partial charge in [-0.05, 0) is 27.8 Å². The molecule has 5 atom stereocenters. The van der Waals surface area contributed by atoms with Crippen LogP contribution in [0.2, 0.25) is 0 Å². The minimum Gasteiger partial charge on any atom is -0.375 e. The Morgan fingerprint density at radius 2 is 0.771 bits per heavy atom. The van der Waals surface area contributed by atoms with Crippen molar-refractivity contribution < 1.29 is 18.9 Å². The number of hydrogen-bond donors (Lipinski definition) is 0. The fourth-order valence-corrected chi connectivity index (χ4v) is 6.77. The number of halogens is 1. The maximum atomic E-state index is 6.96. The minimum atomic E-state index is -0.418. The molecular weight excluding hydrogens is 618 g/mol. The Bertz CT molecular complexity index is 1590. The van der Waals surface area contributed by atoms with E-state index >= 15 is 0 Å². The van der Waals surface area contributed by atoms with Crippen LogP contribution in [0.4, 0.5) is 0 Å². The van der Waals surface area contributed by atoms with Gasteiger partial charge in [0, 0.05) is 12.4 Å². The summed E-state index contributed by atoms with van der Waals surface area (Å²) in [6.45, 7) is 2.89. The zero-order chi connectivity index (χ0) is 32.8. The van der Waals surface area contributed by atoms with E-state index in [0.29, 0.717) is 45.5 Å². The molecule has 0 aliphatic carbocycles. The normalized spacial score (nSPS) is 21.2. The number of hydrogen-bond acceptors (Lipinski definition) is 5. The van der Waals surface area contributed by atoms with Gasteiger partial charge in [0.15, 0.2) is 0 Å². The molecule has 48 heavy (non-hydrogen) atoms. The number of ether oxygens (including phenoxy) is 4. The van der Waals surface area contributed by atoms with Crippen LogP contribution in [0.25, 0.3) is 0 Å². The van der Waals surface area contributed by atoms with Crippen LogP contribution in [0, 0.1) is 0 Å². The molecule has 0 unspecified atom stereocenters. The smallest absolute Gasteiger partial charge is 0.113 e. The molecule has 1 saturated heterocycles. The van der Waals surface area contributed by atoms with E-state index in [0.717, 1.165) is 22.3 Å². The van der Waals surface area contributed by atoms with Crippen molar-refractivity contribution in [2.24, 2.45) is 0 Å². The lowest BCUT2D eigenvalue weighted by molar-refractivity contribution is -0.228. The van der Waals surface area contributed by atoms with Crippen molar-refractivity contribution in [3.8, 4) is 0 Å². The molecule has 6 heteroatoms. The van der Waals surface area contributed by atoms with Crippen LogP contribution in [-0.2, 0) is 51.9 Å². The monoisotopic (exact) mass is 661 g/mol. The predicted octanol–water partition coefficient (Wildman–Crippen LogP) is 8.45. The van der Waals surface area contributed by atoms with E-state index in [1.165, 1.54) is 5.56 Å². The molecule has 0 saturated carbocycles. The molecule has 0 aromatic heterocycles. The van der Waals surface area contributed by atoms with Crippen molar-refractivity contribution in [2.75, 3.05) is 12.5 Å². The summed E-state index contributed by atoms with van der Waals surface area (Å²) in [6.07, 6.45) is -1.17. The first-order valence-electron chi connectivity index (χ1n) is 16.7. The molecule has 0 bridgehead atoms. The first-order chi connectivity index (χ1) is 23.8. The van der Waals surface area contributed by atoms with Crippen molar-refractivity contribution in [3.63, 3.8) is 0 Å². The van der Waals surface area contributed by atoms with Crippen LogP contribution in [0.3, 0.4) is 0 Å². The lowest BCUT2D eigenvalue weighted by Crippen LogP contribution is -2.69. The first-order valence-corrected chi connectivity index (χ1v) is 17.3. The maximum Gasteiger partial charge on any atom is 0.113 e. The molecule has 1 aliphatic heterocycles. The van der Waals surface area contributed by atoms with Gasteiger partial charge in [0.2, 0.25) is 0 Å². The molecule has 5 aromatic carbocycles. The largest absolute Gasteiger partial charge is 0.375 e. The number of alkyl halides is 1. The van der Waals surface area contributed by atoms with Gasteiger partial charge in [0.25, 0.3) is 0 Å². The van der Waals surface area contributed by atoms with Gasteiger partial charge < -0.3 is 18.9 Å². The highest BCUT2D eigenvalue weighted by atomic mass is 35.5. The van der Waals surface area contributed by atoms with Crippen LogP contribution < -0.4 is 0 Å². The third kappa shape index (κ3) is 9.42. The quantitative estimate of drug-likeness (QED) is 0.0993. The second-order valence-electron chi connectivity index (χ2n) is 12.2. The highest BCUT2D eigenvalue weighted by molar-refractivity contribution is 6.18. The SMILES string of the molecule is ClC[C@H]1[C@@H](OCc2ccccc2)[C@@H](OCc2ccccc2)[C@H](OCc2ccccc2)[C@@H](COCc2ccccc2)N1Cc1ccccc1. The van der Waals surface area contributed by atoms with Gasteiger partial charge in [0.05, 0.1) is 45.1 Å². The van der Waals surface area contributed by atoms with Crippen LogP contribution in [-0.4, -0.2) is 47.8 Å². The Morgan fingerprint density at radius 1 is 0.417 bits per heavy atom. The average Bonchev–Trinajstić information content (AvgIpc) is 3.15. The van der Waals surface area contributed by atoms with E-state index < -0.39 is 6.10 Å². The first kappa shape index (κ1) is 34.1. The number of likely N-dealkylation sites (tertiary alicyclic amines) is 1. The fraction of sp³-hybridized carbons (Fsp3) is 0.286. The number of piperidine rings is 1. The van der Waals surface area contributed by atoms with Gasteiger partial charge in [-0.3, -0.25) is 4.90 Å². The number of benzene rings is 5. The van der Waals surface area contributed by atoms with E-state index in [9.17, 15) is 0 Å². The second-order valence-corrected chi connectivity index (χ2v) is 12.5. The summed E-state index contributed by atoms with van der Waals surface area (Å²) < 4.78 is 27.3. The molecule has 1 fully saturated rings. The summed E-state index contributed by atoms with van der Waals surface area (Å²) in [6, 6.07) is 51.3. The average molecular weight is 662 g/mol. The molecule has 1 aliphatic rings. The van der Waals surface area contributed by atoms with Crippen molar-refractivity contribution in [1.29, 1.82) is 0 Å². The highest BCUT2D eigenvalue weighted by Gasteiger charge is 2.51. The maximum absolute atomic E-state index is 6.96. The summed E-state index contributed by atoms with van der Waals surface area (Å²) in [7, 11) is 0. The summed E-state index contributed by atoms with van der Waals surface area (Å²) in [5, 5.41) is 0. The molecule has 248 valence electrons. The minimum absolute atomic E-state index is 0.168. The predicted molar refractivity (Wildman–Crippen MR) is 191 cm³/mol. The van der Waals surface area contributed by atoms with E-state index in [1.54, 1.807) is 0 Å². The Labute approximate surface area is 290 Å². The van der Waals surface area contributed by atoms with Gasteiger partial charge in [-0.1, -0.05) is 152 Å². The van der Waals surface area contributed by atoms with Gasteiger partial charge in [-0.25, -0.2) is 0 Å². The molecule has 1 heterocycles. The summed E-state index contributed by atoms with van der Waals surface area (Å²) in [5.74, 6) is 0.359. The summed E-state index contributed by atoms with van der Waals surface area (Å²) in [5.41, 5.74) is 5.59. The topological polar surface area (TPSA) is 40.2 Å². The third-order valence-corrected chi connectivity index (χ3v) is 9.20.